The number of allylic oxidation sites excluding steroid dienone is 2. The van der Waals surface area contributed by atoms with Crippen LogP contribution in [0.3, 0.4) is 0 Å². The molecule has 1 aromatic carbocycles. The van der Waals surface area contributed by atoms with E-state index >= 15 is 0 Å². The van der Waals surface area contributed by atoms with Crippen molar-refractivity contribution in [2.75, 3.05) is 23.3 Å². The van der Waals surface area contributed by atoms with E-state index in [1.165, 1.54) is 0 Å². The minimum absolute atomic E-state index is 0.0305. The summed E-state index contributed by atoms with van der Waals surface area (Å²) in [6, 6.07) is 7.90. The van der Waals surface area contributed by atoms with E-state index in [-0.39, 0.29) is 23.7 Å². The maximum absolute atomic E-state index is 12.5. The quantitative estimate of drug-likeness (QED) is 0.835. The first kappa shape index (κ1) is 16.6. The molecule has 1 atom stereocenters. The smallest absolute Gasteiger partial charge is 0.227 e. The van der Waals surface area contributed by atoms with Gasteiger partial charge in [0.1, 0.15) is 0 Å². The molecule has 1 fully saturated rings. The molecular formula is C19H25N3O2. The van der Waals surface area contributed by atoms with Gasteiger partial charge < -0.3 is 16.0 Å². The van der Waals surface area contributed by atoms with Crippen LogP contribution >= 0.6 is 0 Å². The highest BCUT2D eigenvalue weighted by Crippen LogP contribution is 2.31. The second-order valence-electron chi connectivity index (χ2n) is 6.65. The van der Waals surface area contributed by atoms with E-state index in [0.29, 0.717) is 0 Å². The number of hydrogen-bond acceptors (Lipinski definition) is 3. The number of carbonyl (C=O) groups excluding carboxylic acids is 2. The zero-order valence-electron chi connectivity index (χ0n) is 13.9. The van der Waals surface area contributed by atoms with Crippen molar-refractivity contribution >= 4 is 23.2 Å². The average molecular weight is 327 g/mol. The van der Waals surface area contributed by atoms with E-state index in [0.717, 1.165) is 56.6 Å². The van der Waals surface area contributed by atoms with Gasteiger partial charge in [-0.15, -0.1) is 0 Å². The Morgan fingerprint density at radius 3 is 2.46 bits per heavy atom. The van der Waals surface area contributed by atoms with Crippen molar-refractivity contribution in [1.29, 1.82) is 0 Å². The highest BCUT2D eigenvalue weighted by molar-refractivity contribution is 5.96. The summed E-state index contributed by atoms with van der Waals surface area (Å²) in [4.78, 5) is 26.1. The predicted molar refractivity (Wildman–Crippen MR) is 95.7 cm³/mol. The third-order valence-electron chi connectivity index (χ3n) is 5.04. The van der Waals surface area contributed by atoms with Gasteiger partial charge >= 0.3 is 0 Å². The van der Waals surface area contributed by atoms with E-state index in [2.05, 4.69) is 22.4 Å². The second-order valence-corrected chi connectivity index (χ2v) is 6.65. The summed E-state index contributed by atoms with van der Waals surface area (Å²) < 4.78 is 0. The number of carbonyl (C=O) groups is 2. The van der Waals surface area contributed by atoms with Gasteiger partial charge in [0.2, 0.25) is 11.8 Å². The van der Waals surface area contributed by atoms with Crippen molar-refractivity contribution < 1.29 is 9.59 Å². The molecule has 0 saturated carbocycles. The monoisotopic (exact) mass is 327 g/mol. The Kier molecular flexibility index (Phi) is 5.18. The first-order valence-corrected chi connectivity index (χ1v) is 8.74. The predicted octanol–water partition coefficient (Wildman–Crippen LogP) is 2.68. The molecule has 0 unspecified atom stereocenters. The third-order valence-corrected chi connectivity index (χ3v) is 5.04. The standard InChI is InChI=1S/C19H25N3O2/c20-18(23)14-10-12-22(13-11-14)17-9-5-4-8-16(17)21-19(24)15-6-2-1-3-7-15/h1-2,4-5,8-9,14-15H,3,6-7,10-13H2,(H2,20,23)(H,21,24)/t15-/m1/s1. The average Bonchev–Trinajstić information content (AvgIpc) is 2.63. The van der Waals surface area contributed by atoms with Gasteiger partial charge in [0.15, 0.2) is 0 Å². The molecule has 0 bridgehead atoms. The lowest BCUT2D eigenvalue weighted by Crippen LogP contribution is -2.39. The molecule has 0 radical (unpaired) electrons. The number of hydrogen-bond donors (Lipinski definition) is 2. The maximum Gasteiger partial charge on any atom is 0.227 e. The molecule has 2 aliphatic rings. The van der Waals surface area contributed by atoms with Gasteiger partial charge in [0, 0.05) is 24.9 Å². The first-order chi connectivity index (χ1) is 11.6. The Labute approximate surface area is 142 Å². The summed E-state index contributed by atoms with van der Waals surface area (Å²) in [5, 5.41) is 3.11. The van der Waals surface area contributed by atoms with E-state index in [1.807, 2.05) is 24.3 Å². The molecule has 1 aliphatic heterocycles. The first-order valence-electron chi connectivity index (χ1n) is 8.74. The van der Waals surface area contributed by atoms with Gasteiger partial charge in [-0.1, -0.05) is 24.3 Å². The fourth-order valence-corrected chi connectivity index (χ4v) is 3.53. The third kappa shape index (κ3) is 3.78. The van der Waals surface area contributed by atoms with Crippen molar-refractivity contribution in [2.45, 2.75) is 32.1 Å². The van der Waals surface area contributed by atoms with Crippen LogP contribution < -0.4 is 16.0 Å². The summed E-state index contributed by atoms with van der Waals surface area (Å²) in [6.07, 6.45) is 8.47. The number of nitrogens with zero attached hydrogens (tertiary/aromatic N) is 1. The number of amides is 2. The molecule has 0 aromatic heterocycles. The lowest BCUT2D eigenvalue weighted by molar-refractivity contribution is -0.122. The highest BCUT2D eigenvalue weighted by atomic mass is 16.2. The number of para-hydroxylation sites is 2. The lowest BCUT2D eigenvalue weighted by Gasteiger charge is -2.33. The molecule has 1 aliphatic carbocycles. The number of piperidine rings is 1. The van der Waals surface area contributed by atoms with Crippen LogP contribution in [0.25, 0.3) is 0 Å². The van der Waals surface area contributed by atoms with E-state index in [4.69, 9.17) is 5.73 Å². The normalized spacial score (nSPS) is 21.5. The van der Waals surface area contributed by atoms with Gasteiger partial charge in [0.25, 0.3) is 0 Å². The summed E-state index contributed by atoms with van der Waals surface area (Å²) in [6.45, 7) is 1.57. The van der Waals surface area contributed by atoms with Crippen molar-refractivity contribution in [1.82, 2.24) is 0 Å². The fraction of sp³-hybridized carbons (Fsp3) is 0.474. The molecular weight excluding hydrogens is 302 g/mol. The van der Waals surface area contributed by atoms with Crippen LogP contribution in [0.4, 0.5) is 11.4 Å². The van der Waals surface area contributed by atoms with Crippen molar-refractivity contribution in [3.63, 3.8) is 0 Å². The highest BCUT2D eigenvalue weighted by Gasteiger charge is 2.25. The van der Waals surface area contributed by atoms with Gasteiger partial charge in [-0.05, 0) is 44.2 Å². The Balaban J connectivity index is 1.68. The summed E-state index contributed by atoms with van der Waals surface area (Å²) >= 11 is 0. The van der Waals surface area contributed by atoms with E-state index in [1.54, 1.807) is 0 Å². The van der Waals surface area contributed by atoms with Gasteiger partial charge in [-0.2, -0.15) is 0 Å². The second kappa shape index (κ2) is 7.51. The Morgan fingerprint density at radius 2 is 1.79 bits per heavy atom. The zero-order chi connectivity index (χ0) is 16.9. The van der Waals surface area contributed by atoms with Crippen LogP contribution in [0.15, 0.2) is 36.4 Å². The number of primary amides is 1. The summed E-state index contributed by atoms with van der Waals surface area (Å²) in [5.74, 6) is -0.0823. The van der Waals surface area contributed by atoms with Gasteiger partial charge in [-0.3, -0.25) is 9.59 Å². The molecule has 2 amide bonds. The van der Waals surface area contributed by atoms with Crippen molar-refractivity contribution in [3.8, 4) is 0 Å². The molecule has 0 spiro atoms. The number of nitrogens with two attached hydrogens (primary N) is 1. The Hall–Kier alpha value is -2.30. The van der Waals surface area contributed by atoms with Crippen molar-refractivity contribution in [2.24, 2.45) is 17.6 Å². The van der Waals surface area contributed by atoms with Crippen LogP contribution in [0.2, 0.25) is 0 Å². The molecule has 3 rings (SSSR count). The lowest BCUT2D eigenvalue weighted by atomic mass is 9.93. The molecule has 1 heterocycles. The topological polar surface area (TPSA) is 75.4 Å². The molecule has 128 valence electrons. The number of anilines is 2. The summed E-state index contributed by atoms with van der Waals surface area (Å²) in [7, 11) is 0. The Morgan fingerprint density at radius 1 is 1.04 bits per heavy atom. The zero-order valence-corrected chi connectivity index (χ0v) is 13.9. The van der Waals surface area contributed by atoms with Gasteiger partial charge in [0.05, 0.1) is 11.4 Å². The van der Waals surface area contributed by atoms with Crippen LogP contribution in [0.5, 0.6) is 0 Å². The van der Waals surface area contributed by atoms with Crippen LogP contribution in [-0.4, -0.2) is 24.9 Å². The van der Waals surface area contributed by atoms with Crippen molar-refractivity contribution in [3.05, 3.63) is 36.4 Å². The minimum Gasteiger partial charge on any atom is -0.370 e. The fourth-order valence-electron chi connectivity index (χ4n) is 3.53. The van der Waals surface area contributed by atoms with Crippen LogP contribution in [0.1, 0.15) is 32.1 Å². The minimum atomic E-state index is -0.207. The molecule has 5 heteroatoms. The number of nitrogens with one attached hydrogen (secondary N) is 1. The summed E-state index contributed by atoms with van der Waals surface area (Å²) in [5.41, 5.74) is 7.29. The largest absolute Gasteiger partial charge is 0.370 e. The molecule has 1 saturated heterocycles. The van der Waals surface area contributed by atoms with Gasteiger partial charge in [-0.25, -0.2) is 0 Å². The molecule has 5 nitrogen and oxygen atoms in total. The SMILES string of the molecule is NC(=O)C1CCN(c2ccccc2NC(=O)[C@@H]2CC=CCC2)CC1. The Bertz CT molecular complexity index is 633. The maximum atomic E-state index is 12.5. The molecule has 24 heavy (non-hydrogen) atoms. The number of rotatable bonds is 4. The molecule has 3 N–H and O–H groups in total. The van der Waals surface area contributed by atoms with Crippen LogP contribution in [-0.2, 0) is 9.59 Å². The van der Waals surface area contributed by atoms with E-state index in [9.17, 15) is 9.59 Å². The van der Waals surface area contributed by atoms with Crippen LogP contribution in [0, 0.1) is 11.8 Å². The van der Waals surface area contributed by atoms with E-state index < -0.39 is 0 Å². The molecule has 1 aromatic rings. The number of benzene rings is 1.